The number of rotatable bonds is 2. The van der Waals surface area contributed by atoms with Crippen LogP contribution in [0.15, 0.2) is 12.1 Å². The molecular weight excluding hydrogens is 230 g/mol. The van der Waals surface area contributed by atoms with Crippen LogP contribution in [0, 0.1) is 11.5 Å². The summed E-state index contributed by atoms with van der Waals surface area (Å²) in [5.41, 5.74) is 10.6. The molecule has 3 nitrogen and oxygen atoms in total. The molecule has 0 spiro atoms. The number of nitrogen functional groups attached to an aromatic ring is 1. The van der Waals surface area contributed by atoms with E-state index in [0.29, 0.717) is 17.2 Å². The standard InChI is InChI=1S/C13H19NO2Si/c1-15-12-9-10(6-7-17(3,4)5)8-11(14)13(12)16-2/h8-9H,14H2,1-5H3. The molecule has 0 aromatic heterocycles. The number of benzene rings is 1. The topological polar surface area (TPSA) is 44.5 Å². The van der Waals surface area contributed by atoms with Crippen molar-refractivity contribution >= 4 is 13.8 Å². The second-order valence-electron chi connectivity index (χ2n) is 4.80. The third kappa shape index (κ3) is 3.72. The van der Waals surface area contributed by atoms with Crippen molar-refractivity contribution in [3.05, 3.63) is 17.7 Å². The minimum Gasteiger partial charge on any atom is -0.493 e. The summed E-state index contributed by atoms with van der Waals surface area (Å²) < 4.78 is 10.4. The molecule has 17 heavy (non-hydrogen) atoms. The number of hydrogen-bond donors (Lipinski definition) is 1. The molecule has 0 saturated heterocycles. The van der Waals surface area contributed by atoms with Gasteiger partial charge < -0.3 is 15.2 Å². The van der Waals surface area contributed by atoms with E-state index < -0.39 is 8.07 Å². The van der Waals surface area contributed by atoms with Crippen molar-refractivity contribution in [2.75, 3.05) is 20.0 Å². The molecule has 1 aromatic carbocycles. The van der Waals surface area contributed by atoms with Crippen LogP contribution in [0.2, 0.25) is 19.6 Å². The molecule has 4 heteroatoms. The molecule has 0 fully saturated rings. The van der Waals surface area contributed by atoms with Gasteiger partial charge in [0.05, 0.1) is 19.9 Å². The highest BCUT2D eigenvalue weighted by atomic mass is 28.3. The van der Waals surface area contributed by atoms with Gasteiger partial charge in [-0.25, -0.2) is 0 Å². The maximum Gasteiger partial charge on any atom is 0.183 e. The van der Waals surface area contributed by atoms with E-state index in [1.165, 1.54) is 0 Å². The fourth-order valence-corrected chi connectivity index (χ4v) is 1.85. The summed E-state index contributed by atoms with van der Waals surface area (Å²) in [4.78, 5) is 0. The van der Waals surface area contributed by atoms with Gasteiger partial charge in [-0.05, 0) is 12.1 Å². The van der Waals surface area contributed by atoms with Gasteiger partial charge in [0, 0.05) is 5.56 Å². The molecule has 0 aliphatic carbocycles. The van der Waals surface area contributed by atoms with Crippen LogP contribution in [-0.4, -0.2) is 22.3 Å². The summed E-state index contributed by atoms with van der Waals surface area (Å²) in [6.45, 7) is 6.60. The molecule has 0 amide bonds. The first kappa shape index (κ1) is 13.5. The summed E-state index contributed by atoms with van der Waals surface area (Å²) in [6.07, 6.45) is 0. The first-order valence-electron chi connectivity index (χ1n) is 5.42. The first-order valence-corrected chi connectivity index (χ1v) is 8.92. The Labute approximate surface area is 104 Å². The predicted molar refractivity (Wildman–Crippen MR) is 74.2 cm³/mol. The van der Waals surface area contributed by atoms with Crippen LogP contribution in [-0.2, 0) is 0 Å². The Morgan fingerprint density at radius 3 is 2.24 bits per heavy atom. The van der Waals surface area contributed by atoms with Crippen molar-refractivity contribution in [1.29, 1.82) is 0 Å². The maximum atomic E-state index is 5.89. The Bertz CT molecular complexity index is 467. The van der Waals surface area contributed by atoms with E-state index >= 15 is 0 Å². The lowest BCUT2D eigenvalue weighted by molar-refractivity contribution is 0.356. The number of nitrogens with two attached hydrogens (primary N) is 1. The largest absolute Gasteiger partial charge is 0.493 e. The van der Waals surface area contributed by atoms with E-state index in [9.17, 15) is 0 Å². The van der Waals surface area contributed by atoms with Crippen LogP contribution in [0.1, 0.15) is 5.56 Å². The van der Waals surface area contributed by atoms with Crippen molar-refractivity contribution < 1.29 is 9.47 Å². The average molecular weight is 249 g/mol. The fourth-order valence-electron chi connectivity index (χ4n) is 1.33. The van der Waals surface area contributed by atoms with Crippen LogP contribution in [0.25, 0.3) is 0 Å². The molecule has 1 aromatic rings. The predicted octanol–water partition coefficient (Wildman–Crippen LogP) is 2.51. The summed E-state index contributed by atoms with van der Waals surface area (Å²) >= 11 is 0. The molecule has 0 heterocycles. The monoisotopic (exact) mass is 249 g/mol. The lowest BCUT2D eigenvalue weighted by Crippen LogP contribution is -2.16. The SMILES string of the molecule is COc1cc(C#C[Si](C)(C)C)cc(N)c1OC. The van der Waals surface area contributed by atoms with E-state index in [1.54, 1.807) is 14.2 Å². The molecule has 0 aliphatic heterocycles. The highest BCUT2D eigenvalue weighted by Crippen LogP contribution is 2.34. The van der Waals surface area contributed by atoms with E-state index in [-0.39, 0.29) is 0 Å². The average Bonchev–Trinajstić information content (AvgIpc) is 2.24. The number of ether oxygens (including phenoxy) is 2. The Morgan fingerprint density at radius 1 is 1.12 bits per heavy atom. The highest BCUT2D eigenvalue weighted by molar-refractivity contribution is 6.83. The molecule has 1 rings (SSSR count). The number of hydrogen-bond acceptors (Lipinski definition) is 3. The van der Waals surface area contributed by atoms with Crippen LogP contribution >= 0.6 is 0 Å². The van der Waals surface area contributed by atoms with Crippen molar-refractivity contribution in [2.45, 2.75) is 19.6 Å². The highest BCUT2D eigenvalue weighted by Gasteiger charge is 2.10. The van der Waals surface area contributed by atoms with Crippen LogP contribution in [0.4, 0.5) is 5.69 Å². The van der Waals surface area contributed by atoms with Gasteiger partial charge in [-0.2, -0.15) is 0 Å². The molecule has 0 unspecified atom stereocenters. The number of methoxy groups -OCH3 is 2. The van der Waals surface area contributed by atoms with E-state index in [2.05, 4.69) is 31.1 Å². The van der Waals surface area contributed by atoms with Crippen molar-refractivity contribution in [2.24, 2.45) is 0 Å². The van der Waals surface area contributed by atoms with Gasteiger partial charge in [0.15, 0.2) is 11.5 Å². The second kappa shape index (κ2) is 5.15. The van der Waals surface area contributed by atoms with E-state index in [1.807, 2.05) is 12.1 Å². The van der Waals surface area contributed by atoms with Gasteiger partial charge in [0.2, 0.25) is 0 Å². The maximum absolute atomic E-state index is 5.89. The molecule has 0 aliphatic rings. The van der Waals surface area contributed by atoms with Gasteiger partial charge in [0.25, 0.3) is 0 Å². The van der Waals surface area contributed by atoms with Crippen LogP contribution < -0.4 is 15.2 Å². The molecule has 0 radical (unpaired) electrons. The summed E-state index contributed by atoms with van der Waals surface area (Å²) in [7, 11) is 1.78. The third-order valence-corrected chi connectivity index (χ3v) is 2.96. The quantitative estimate of drug-likeness (QED) is 0.497. The molecule has 92 valence electrons. The lowest BCUT2D eigenvalue weighted by atomic mass is 10.2. The summed E-state index contributed by atoms with van der Waals surface area (Å²) in [5, 5.41) is 0. The molecular formula is C13H19NO2Si. The summed E-state index contributed by atoms with van der Waals surface area (Å²) in [5.74, 6) is 4.33. The van der Waals surface area contributed by atoms with Crippen molar-refractivity contribution in [1.82, 2.24) is 0 Å². The second-order valence-corrected chi connectivity index (χ2v) is 9.55. The Hall–Kier alpha value is -1.60. The number of anilines is 1. The molecule has 2 N–H and O–H groups in total. The zero-order chi connectivity index (χ0) is 13.1. The first-order chi connectivity index (χ1) is 7.87. The Kier molecular flexibility index (Phi) is 4.08. The Balaban J connectivity index is 3.20. The smallest absolute Gasteiger partial charge is 0.183 e. The van der Waals surface area contributed by atoms with Crippen molar-refractivity contribution in [3.63, 3.8) is 0 Å². The van der Waals surface area contributed by atoms with E-state index in [4.69, 9.17) is 15.2 Å². The van der Waals surface area contributed by atoms with Gasteiger partial charge in [-0.1, -0.05) is 25.6 Å². The minimum atomic E-state index is -1.38. The third-order valence-electron chi connectivity index (χ3n) is 2.09. The van der Waals surface area contributed by atoms with Gasteiger partial charge in [-0.15, -0.1) is 5.54 Å². The fraction of sp³-hybridized carbons (Fsp3) is 0.385. The van der Waals surface area contributed by atoms with Crippen LogP contribution in [0.3, 0.4) is 0 Å². The zero-order valence-corrected chi connectivity index (χ0v) is 12.0. The van der Waals surface area contributed by atoms with Crippen LogP contribution in [0.5, 0.6) is 11.5 Å². The lowest BCUT2D eigenvalue weighted by Gasteiger charge is -2.10. The van der Waals surface area contributed by atoms with Crippen molar-refractivity contribution in [3.8, 4) is 23.0 Å². The minimum absolute atomic E-state index is 0.548. The normalized spacial score (nSPS) is 10.4. The Morgan fingerprint density at radius 2 is 1.76 bits per heavy atom. The zero-order valence-electron chi connectivity index (χ0n) is 11.0. The summed E-state index contributed by atoms with van der Waals surface area (Å²) in [6, 6.07) is 3.66. The van der Waals surface area contributed by atoms with Gasteiger partial charge in [-0.3, -0.25) is 0 Å². The van der Waals surface area contributed by atoms with Gasteiger partial charge in [0.1, 0.15) is 8.07 Å². The molecule has 0 atom stereocenters. The molecule has 0 bridgehead atoms. The van der Waals surface area contributed by atoms with Gasteiger partial charge >= 0.3 is 0 Å². The molecule has 0 saturated carbocycles. The van der Waals surface area contributed by atoms with E-state index in [0.717, 1.165) is 5.56 Å².